The zero-order chi connectivity index (χ0) is 14.9. The minimum Gasteiger partial charge on any atom is -0.491 e. The number of hydrogen-bond donors (Lipinski definition) is 2. The molecule has 1 aliphatic carbocycles. The zero-order valence-electron chi connectivity index (χ0n) is 13.2. The molecule has 0 bridgehead atoms. The van der Waals surface area contributed by atoms with Crippen LogP contribution in [0.4, 0.5) is 0 Å². The summed E-state index contributed by atoms with van der Waals surface area (Å²) in [5, 5.41) is 13.5. The summed E-state index contributed by atoms with van der Waals surface area (Å²) in [5.41, 5.74) is 1.22. The highest BCUT2D eigenvalue weighted by Gasteiger charge is 2.13. The fraction of sp³-hybridized carbons (Fsp3) is 0.667. The van der Waals surface area contributed by atoms with Gasteiger partial charge in [-0.3, -0.25) is 0 Å². The summed E-state index contributed by atoms with van der Waals surface area (Å²) in [5.74, 6) is 0.825. The summed E-state index contributed by atoms with van der Waals surface area (Å²) in [4.78, 5) is 0. The van der Waals surface area contributed by atoms with Gasteiger partial charge in [0.05, 0.1) is 0 Å². The molecule has 0 radical (unpaired) electrons. The van der Waals surface area contributed by atoms with Gasteiger partial charge in [0.1, 0.15) is 18.5 Å². The Kier molecular flexibility index (Phi) is 7.04. The second-order valence-electron chi connectivity index (χ2n) is 6.23. The van der Waals surface area contributed by atoms with E-state index in [1.54, 1.807) is 0 Å². The topological polar surface area (TPSA) is 41.5 Å². The molecule has 0 saturated heterocycles. The van der Waals surface area contributed by atoms with Crippen molar-refractivity contribution in [1.82, 2.24) is 5.32 Å². The first kappa shape index (κ1) is 16.3. The summed E-state index contributed by atoms with van der Waals surface area (Å²) in [6.07, 6.45) is 8.77. The highest BCUT2D eigenvalue weighted by atomic mass is 16.5. The lowest BCUT2D eigenvalue weighted by Gasteiger charge is -2.22. The lowest BCUT2D eigenvalue weighted by molar-refractivity contribution is 0.102. The zero-order valence-corrected chi connectivity index (χ0v) is 13.2. The number of ether oxygens (including phenoxy) is 1. The molecule has 0 amide bonds. The van der Waals surface area contributed by atoms with Gasteiger partial charge in [-0.15, -0.1) is 0 Å². The maximum atomic E-state index is 10.0. The van der Waals surface area contributed by atoms with Gasteiger partial charge in [-0.25, -0.2) is 0 Å². The third-order valence-corrected chi connectivity index (χ3v) is 4.21. The van der Waals surface area contributed by atoms with Crippen molar-refractivity contribution in [3.8, 4) is 5.75 Å². The van der Waals surface area contributed by atoms with Crippen LogP contribution in [-0.2, 0) is 0 Å². The molecule has 1 atom stereocenters. The first-order valence-corrected chi connectivity index (χ1v) is 8.35. The van der Waals surface area contributed by atoms with Gasteiger partial charge in [0, 0.05) is 12.6 Å². The largest absolute Gasteiger partial charge is 0.491 e. The number of rotatable bonds is 6. The standard InChI is InChI=1S/C18H29NO2/c1-15-9-11-18(12-10-15)21-14-17(20)13-19-16-7-5-3-2-4-6-8-16/h9-12,16-17,19-20H,2-8,13-14H2,1H3/t17-/m0/s1. The van der Waals surface area contributed by atoms with Crippen LogP contribution in [0.15, 0.2) is 24.3 Å². The van der Waals surface area contributed by atoms with Gasteiger partial charge in [-0.1, -0.05) is 49.8 Å². The van der Waals surface area contributed by atoms with Crippen LogP contribution in [0.2, 0.25) is 0 Å². The quantitative estimate of drug-likeness (QED) is 0.843. The minimum atomic E-state index is -0.447. The van der Waals surface area contributed by atoms with E-state index in [9.17, 15) is 5.11 Å². The van der Waals surface area contributed by atoms with Crippen LogP contribution in [-0.4, -0.2) is 30.4 Å². The Morgan fingerprint density at radius 1 is 1.10 bits per heavy atom. The molecule has 118 valence electrons. The van der Waals surface area contributed by atoms with Gasteiger partial charge in [0.25, 0.3) is 0 Å². The Morgan fingerprint density at radius 3 is 2.38 bits per heavy atom. The van der Waals surface area contributed by atoms with Gasteiger partial charge in [-0.05, 0) is 31.9 Å². The molecule has 1 aromatic rings. The Morgan fingerprint density at radius 2 is 1.71 bits per heavy atom. The van der Waals surface area contributed by atoms with Crippen molar-refractivity contribution in [2.24, 2.45) is 0 Å². The Hall–Kier alpha value is -1.06. The number of aryl methyl sites for hydroxylation is 1. The monoisotopic (exact) mass is 291 g/mol. The van der Waals surface area contributed by atoms with Crippen molar-refractivity contribution in [3.63, 3.8) is 0 Å². The van der Waals surface area contributed by atoms with E-state index in [0.29, 0.717) is 19.2 Å². The van der Waals surface area contributed by atoms with E-state index in [4.69, 9.17) is 4.74 Å². The lowest BCUT2D eigenvalue weighted by atomic mass is 9.96. The van der Waals surface area contributed by atoms with Gasteiger partial charge < -0.3 is 15.2 Å². The van der Waals surface area contributed by atoms with Crippen molar-refractivity contribution in [3.05, 3.63) is 29.8 Å². The second kappa shape index (κ2) is 9.06. The predicted molar refractivity (Wildman–Crippen MR) is 86.8 cm³/mol. The molecular formula is C18H29NO2. The molecule has 1 aromatic carbocycles. The Balaban J connectivity index is 1.64. The van der Waals surface area contributed by atoms with Crippen LogP contribution in [0.3, 0.4) is 0 Å². The molecule has 0 spiro atoms. The molecule has 3 heteroatoms. The van der Waals surface area contributed by atoms with E-state index < -0.39 is 6.10 Å². The van der Waals surface area contributed by atoms with Crippen LogP contribution in [0.25, 0.3) is 0 Å². The van der Waals surface area contributed by atoms with Crippen molar-refractivity contribution in [2.45, 2.75) is 64.0 Å². The summed E-state index contributed by atoms with van der Waals surface area (Å²) in [7, 11) is 0. The average molecular weight is 291 g/mol. The molecular weight excluding hydrogens is 262 g/mol. The summed E-state index contributed by atoms with van der Waals surface area (Å²) >= 11 is 0. The van der Waals surface area contributed by atoms with Gasteiger partial charge in [0.15, 0.2) is 0 Å². The minimum absolute atomic E-state index is 0.350. The van der Waals surface area contributed by atoms with Crippen molar-refractivity contribution < 1.29 is 9.84 Å². The van der Waals surface area contributed by atoms with Gasteiger partial charge in [-0.2, -0.15) is 0 Å². The van der Waals surface area contributed by atoms with E-state index in [-0.39, 0.29) is 0 Å². The molecule has 0 aromatic heterocycles. The second-order valence-corrected chi connectivity index (χ2v) is 6.23. The number of aliphatic hydroxyl groups excluding tert-OH is 1. The van der Waals surface area contributed by atoms with Gasteiger partial charge in [0.2, 0.25) is 0 Å². The molecule has 3 nitrogen and oxygen atoms in total. The predicted octanol–water partition coefficient (Wildman–Crippen LogP) is 3.44. The smallest absolute Gasteiger partial charge is 0.119 e. The third-order valence-electron chi connectivity index (χ3n) is 4.21. The Labute approximate surface area is 128 Å². The summed E-state index contributed by atoms with van der Waals surface area (Å²) in [6, 6.07) is 8.51. The molecule has 21 heavy (non-hydrogen) atoms. The summed E-state index contributed by atoms with van der Waals surface area (Å²) < 4.78 is 5.62. The number of benzene rings is 1. The van der Waals surface area contributed by atoms with Crippen molar-refractivity contribution >= 4 is 0 Å². The highest BCUT2D eigenvalue weighted by molar-refractivity contribution is 5.26. The van der Waals surface area contributed by atoms with Crippen molar-refractivity contribution in [1.29, 1.82) is 0 Å². The van der Waals surface area contributed by atoms with Crippen LogP contribution in [0.5, 0.6) is 5.75 Å². The molecule has 2 N–H and O–H groups in total. The van der Waals surface area contributed by atoms with Crippen LogP contribution in [0, 0.1) is 6.92 Å². The molecule has 1 fully saturated rings. The third kappa shape index (κ3) is 6.49. The van der Waals surface area contributed by atoms with Crippen LogP contribution >= 0.6 is 0 Å². The van der Waals surface area contributed by atoms with Crippen LogP contribution < -0.4 is 10.1 Å². The fourth-order valence-corrected chi connectivity index (χ4v) is 2.85. The first-order chi connectivity index (χ1) is 10.2. The number of aliphatic hydroxyl groups is 1. The normalized spacial score (nSPS) is 18.8. The molecule has 0 aliphatic heterocycles. The van der Waals surface area contributed by atoms with E-state index in [2.05, 4.69) is 12.2 Å². The maximum Gasteiger partial charge on any atom is 0.119 e. The van der Waals surface area contributed by atoms with E-state index in [0.717, 1.165) is 5.75 Å². The fourth-order valence-electron chi connectivity index (χ4n) is 2.85. The average Bonchev–Trinajstić information content (AvgIpc) is 2.45. The summed E-state index contributed by atoms with van der Waals surface area (Å²) in [6.45, 7) is 3.02. The lowest BCUT2D eigenvalue weighted by Crippen LogP contribution is -2.38. The Bertz CT molecular complexity index is 383. The van der Waals surface area contributed by atoms with Gasteiger partial charge >= 0.3 is 0 Å². The van der Waals surface area contributed by atoms with E-state index in [1.807, 2.05) is 24.3 Å². The van der Waals surface area contributed by atoms with E-state index >= 15 is 0 Å². The first-order valence-electron chi connectivity index (χ1n) is 8.35. The van der Waals surface area contributed by atoms with E-state index in [1.165, 1.54) is 50.5 Å². The number of nitrogens with one attached hydrogen (secondary N) is 1. The highest BCUT2D eigenvalue weighted by Crippen LogP contribution is 2.17. The van der Waals surface area contributed by atoms with Crippen molar-refractivity contribution in [2.75, 3.05) is 13.2 Å². The molecule has 1 saturated carbocycles. The SMILES string of the molecule is Cc1ccc(OC[C@@H](O)CNC2CCCCCCC2)cc1. The number of hydrogen-bond acceptors (Lipinski definition) is 3. The molecule has 0 heterocycles. The molecule has 1 aliphatic rings. The maximum absolute atomic E-state index is 10.0. The molecule has 2 rings (SSSR count). The van der Waals surface area contributed by atoms with Crippen LogP contribution in [0.1, 0.15) is 50.5 Å². The molecule has 0 unspecified atom stereocenters.